The molecule has 0 bridgehead atoms. The summed E-state index contributed by atoms with van der Waals surface area (Å²) in [5.74, 6) is -1.32. The molecule has 1 aliphatic heterocycles. The number of ether oxygens (including phenoxy) is 1. The van der Waals surface area contributed by atoms with E-state index in [1.165, 1.54) is 4.31 Å². The Balaban J connectivity index is 1.70. The van der Waals surface area contributed by atoms with E-state index in [9.17, 15) is 18.0 Å². The molecule has 8 heteroatoms. The maximum absolute atomic E-state index is 13.0. The summed E-state index contributed by atoms with van der Waals surface area (Å²) in [6.07, 6.45) is -0.342. The molecular formula is C23H28N2O5S. The maximum atomic E-state index is 13.0. The van der Waals surface area contributed by atoms with E-state index < -0.39 is 33.9 Å². The van der Waals surface area contributed by atoms with Gasteiger partial charge in [0.25, 0.3) is 5.91 Å². The first-order valence-electron chi connectivity index (χ1n) is 10.4. The molecule has 7 nitrogen and oxygen atoms in total. The highest BCUT2D eigenvalue weighted by atomic mass is 32.2. The number of amides is 1. The third kappa shape index (κ3) is 5.92. The van der Waals surface area contributed by atoms with Gasteiger partial charge in [-0.25, -0.2) is 12.7 Å². The van der Waals surface area contributed by atoms with Crippen molar-refractivity contribution in [3.05, 3.63) is 65.7 Å². The Morgan fingerprint density at radius 1 is 1.06 bits per heavy atom. The highest BCUT2D eigenvalue weighted by Crippen LogP contribution is 2.26. The van der Waals surface area contributed by atoms with Crippen molar-refractivity contribution >= 4 is 27.6 Å². The number of hydrogen-bond acceptors (Lipinski definition) is 5. The summed E-state index contributed by atoms with van der Waals surface area (Å²) < 4.78 is 31.1. The van der Waals surface area contributed by atoms with Gasteiger partial charge in [0, 0.05) is 24.3 Å². The standard InChI is InChI=1S/C23H28N2O5S/c1-3-31(28,29)25-15-13-19(14-16-25)23(27)30-21(18-7-5-4-6-8-18)22(26)24-20-11-9-17(2)10-12-20/h4-12,19,21H,3,13-16H2,1-2H3,(H,24,26). The van der Waals surface area contributed by atoms with E-state index in [2.05, 4.69) is 5.32 Å². The third-order valence-electron chi connectivity index (χ3n) is 5.44. The Hall–Kier alpha value is -2.71. The third-order valence-corrected chi connectivity index (χ3v) is 7.32. The predicted molar refractivity (Wildman–Crippen MR) is 119 cm³/mol. The van der Waals surface area contributed by atoms with E-state index in [0.29, 0.717) is 24.1 Å². The van der Waals surface area contributed by atoms with E-state index in [1.807, 2.05) is 25.1 Å². The summed E-state index contributed by atoms with van der Waals surface area (Å²) >= 11 is 0. The zero-order valence-corrected chi connectivity index (χ0v) is 18.6. The molecule has 166 valence electrons. The van der Waals surface area contributed by atoms with Crippen LogP contribution in [0.25, 0.3) is 0 Å². The Morgan fingerprint density at radius 2 is 1.68 bits per heavy atom. The van der Waals surface area contributed by atoms with Gasteiger partial charge in [-0.15, -0.1) is 0 Å². The second kappa shape index (κ2) is 10.1. The first kappa shape index (κ1) is 23.0. The summed E-state index contributed by atoms with van der Waals surface area (Å²) in [7, 11) is -3.27. The maximum Gasteiger partial charge on any atom is 0.310 e. The molecule has 2 aromatic carbocycles. The molecule has 1 amide bonds. The second-order valence-corrected chi connectivity index (χ2v) is 9.91. The summed E-state index contributed by atoms with van der Waals surface area (Å²) in [5.41, 5.74) is 2.26. The molecule has 0 aliphatic carbocycles. The Labute approximate surface area is 183 Å². The van der Waals surface area contributed by atoms with Crippen LogP contribution in [-0.4, -0.2) is 43.4 Å². The Kier molecular flexibility index (Phi) is 7.46. The van der Waals surface area contributed by atoms with Crippen LogP contribution < -0.4 is 5.32 Å². The van der Waals surface area contributed by atoms with Gasteiger partial charge in [-0.3, -0.25) is 9.59 Å². The highest BCUT2D eigenvalue weighted by molar-refractivity contribution is 7.89. The number of nitrogens with one attached hydrogen (secondary N) is 1. The van der Waals surface area contributed by atoms with E-state index in [-0.39, 0.29) is 18.8 Å². The van der Waals surface area contributed by atoms with Crippen molar-refractivity contribution in [2.75, 3.05) is 24.2 Å². The minimum Gasteiger partial charge on any atom is -0.447 e. The molecule has 3 rings (SSSR count). The van der Waals surface area contributed by atoms with Gasteiger partial charge in [0.15, 0.2) is 0 Å². The summed E-state index contributed by atoms with van der Waals surface area (Å²) in [6.45, 7) is 4.12. The number of nitrogens with zero attached hydrogens (tertiary/aromatic N) is 1. The Bertz CT molecular complexity index is 998. The summed E-state index contributed by atoms with van der Waals surface area (Å²) in [6, 6.07) is 16.2. The van der Waals surface area contributed by atoms with Crippen LogP contribution in [0.4, 0.5) is 5.69 Å². The van der Waals surface area contributed by atoms with Crippen LogP contribution in [-0.2, 0) is 24.3 Å². The monoisotopic (exact) mass is 444 g/mol. The molecular weight excluding hydrogens is 416 g/mol. The number of anilines is 1. The van der Waals surface area contributed by atoms with Crippen molar-refractivity contribution in [2.45, 2.75) is 32.8 Å². The molecule has 1 heterocycles. The highest BCUT2D eigenvalue weighted by Gasteiger charge is 2.34. The molecule has 2 aromatic rings. The van der Waals surface area contributed by atoms with E-state index in [1.54, 1.807) is 43.3 Å². The average Bonchev–Trinajstić information content (AvgIpc) is 2.79. The van der Waals surface area contributed by atoms with Crippen molar-refractivity contribution in [1.29, 1.82) is 0 Å². The average molecular weight is 445 g/mol. The molecule has 1 aliphatic rings. The molecule has 0 saturated carbocycles. The quantitative estimate of drug-likeness (QED) is 0.662. The number of benzene rings is 2. The molecule has 31 heavy (non-hydrogen) atoms. The smallest absolute Gasteiger partial charge is 0.310 e. The van der Waals surface area contributed by atoms with Crippen molar-refractivity contribution < 1.29 is 22.7 Å². The number of carbonyl (C=O) groups is 2. The lowest BCUT2D eigenvalue weighted by Crippen LogP contribution is -2.41. The van der Waals surface area contributed by atoms with Crippen LogP contribution in [0.5, 0.6) is 0 Å². The molecule has 0 spiro atoms. The van der Waals surface area contributed by atoms with Crippen LogP contribution in [0.3, 0.4) is 0 Å². The molecule has 1 N–H and O–H groups in total. The lowest BCUT2D eigenvalue weighted by molar-refractivity contribution is -0.160. The summed E-state index contributed by atoms with van der Waals surface area (Å²) in [4.78, 5) is 25.8. The molecule has 1 atom stereocenters. The predicted octanol–water partition coefficient (Wildman–Crippen LogP) is 3.28. The fourth-order valence-corrected chi connectivity index (χ4v) is 4.64. The fourth-order valence-electron chi connectivity index (χ4n) is 3.51. The number of sulfonamides is 1. The van der Waals surface area contributed by atoms with Gasteiger partial charge in [-0.05, 0) is 38.8 Å². The number of piperidine rings is 1. The topological polar surface area (TPSA) is 92.8 Å². The van der Waals surface area contributed by atoms with Gasteiger partial charge in [0.2, 0.25) is 16.1 Å². The van der Waals surface area contributed by atoms with E-state index in [0.717, 1.165) is 5.56 Å². The SMILES string of the molecule is CCS(=O)(=O)N1CCC(C(=O)OC(C(=O)Nc2ccc(C)cc2)c2ccccc2)CC1. The second-order valence-electron chi connectivity index (χ2n) is 7.66. The van der Waals surface area contributed by atoms with Crippen molar-refractivity contribution in [2.24, 2.45) is 5.92 Å². The molecule has 1 unspecified atom stereocenters. The van der Waals surface area contributed by atoms with Crippen LogP contribution >= 0.6 is 0 Å². The number of hydrogen-bond donors (Lipinski definition) is 1. The van der Waals surface area contributed by atoms with Gasteiger partial charge in [0.1, 0.15) is 0 Å². The normalized spacial score (nSPS) is 16.5. The molecule has 1 saturated heterocycles. The van der Waals surface area contributed by atoms with E-state index >= 15 is 0 Å². The lowest BCUT2D eigenvalue weighted by atomic mass is 9.98. The van der Waals surface area contributed by atoms with Gasteiger partial charge in [-0.2, -0.15) is 0 Å². The number of carbonyl (C=O) groups excluding carboxylic acids is 2. The minimum absolute atomic E-state index is 0.0391. The van der Waals surface area contributed by atoms with Crippen molar-refractivity contribution in [3.8, 4) is 0 Å². The van der Waals surface area contributed by atoms with Gasteiger partial charge in [0.05, 0.1) is 11.7 Å². The lowest BCUT2D eigenvalue weighted by Gasteiger charge is -2.30. The number of aryl methyl sites for hydroxylation is 1. The van der Waals surface area contributed by atoms with Crippen molar-refractivity contribution in [3.63, 3.8) is 0 Å². The largest absolute Gasteiger partial charge is 0.447 e. The first-order chi connectivity index (χ1) is 14.8. The zero-order valence-electron chi connectivity index (χ0n) is 17.8. The van der Waals surface area contributed by atoms with Crippen LogP contribution in [0.1, 0.15) is 37.0 Å². The van der Waals surface area contributed by atoms with E-state index in [4.69, 9.17) is 4.74 Å². The Morgan fingerprint density at radius 3 is 2.26 bits per heavy atom. The van der Waals surface area contributed by atoms with Crippen LogP contribution in [0, 0.1) is 12.8 Å². The fraction of sp³-hybridized carbons (Fsp3) is 0.391. The van der Waals surface area contributed by atoms with Gasteiger partial charge in [-0.1, -0.05) is 48.0 Å². The van der Waals surface area contributed by atoms with Gasteiger partial charge < -0.3 is 10.1 Å². The van der Waals surface area contributed by atoms with Crippen LogP contribution in [0.2, 0.25) is 0 Å². The molecule has 0 radical (unpaired) electrons. The zero-order chi connectivity index (χ0) is 22.4. The van der Waals surface area contributed by atoms with Gasteiger partial charge >= 0.3 is 5.97 Å². The van der Waals surface area contributed by atoms with Crippen molar-refractivity contribution in [1.82, 2.24) is 4.31 Å². The molecule has 0 aromatic heterocycles. The minimum atomic E-state index is -3.27. The number of rotatable bonds is 7. The summed E-state index contributed by atoms with van der Waals surface area (Å²) in [5, 5.41) is 2.81. The first-order valence-corrected chi connectivity index (χ1v) is 12.0. The molecule has 1 fully saturated rings. The number of esters is 1. The van der Waals surface area contributed by atoms with Crippen LogP contribution in [0.15, 0.2) is 54.6 Å².